The number of aliphatic imine (C=N–C) groups is 1. The third-order valence-corrected chi connectivity index (χ3v) is 4.91. The van der Waals surface area contributed by atoms with Gasteiger partial charge < -0.3 is 15.4 Å². The molecule has 1 heterocycles. The van der Waals surface area contributed by atoms with Gasteiger partial charge in [-0.2, -0.15) is 0 Å². The van der Waals surface area contributed by atoms with Crippen LogP contribution in [0, 0.1) is 12.8 Å². The van der Waals surface area contributed by atoms with Crippen LogP contribution < -0.4 is 10.6 Å². The van der Waals surface area contributed by atoms with E-state index in [1.54, 1.807) is 0 Å². The highest BCUT2D eigenvalue weighted by Crippen LogP contribution is 2.32. The molecule has 26 heavy (non-hydrogen) atoms. The van der Waals surface area contributed by atoms with Crippen molar-refractivity contribution in [3.8, 4) is 0 Å². The second-order valence-corrected chi connectivity index (χ2v) is 6.90. The minimum absolute atomic E-state index is 0.160. The third kappa shape index (κ3) is 5.09. The summed E-state index contributed by atoms with van der Waals surface area (Å²) >= 11 is 0. The van der Waals surface area contributed by atoms with Crippen LogP contribution in [0.2, 0.25) is 0 Å². The van der Waals surface area contributed by atoms with Gasteiger partial charge in [-0.1, -0.05) is 60.2 Å². The van der Waals surface area contributed by atoms with Gasteiger partial charge in [0.1, 0.15) is 0 Å². The minimum atomic E-state index is 0.160. The maximum Gasteiger partial charge on any atom is 0.191 e. The molecule has 0 aromatic heterocycles. The number of aryl methyl sites for hydroxylation is 1. The Kier molecular flexibility index (Phi) is 6.67. The molecule has 0 amide bonds. The fraction of sp³-hybridized carbons (Fsp3) is 0.409. The maximum absolute atomic E-state index is 6.08. The molecule has 4 nitrogen and oxygen atoms in total. The molecule has 2 aromatic carbocycles. The Morgan fingerprint density at radius 1 is 1.08 bits per heavy atom. The molecule has 0 bridgehead atoms. The number of guanidine groups is 1. The van der Waals surface area contributed by atoms with Crippen LogP contribution in [-0.2, 0) is 11.3 Å². The standard InChI is InChI=1S/C22H29N3O/c1-17-10-12-18(13-11-17)15-24-22(23-2)25-16-20-9-6-14-26-21(20)19-7-4-3-5-8-19/h3-5,7-8,10-13,20-21H,6,9,14-16H2,1-2H3,(H2,23,24,25). The van der Waals surface area contributed by atoms with Gasteiger partial charge in [-0.3, -0.25) is 4.99 Å². The summed E-state index contributed by atoms with van der Waals surface area (Å²) in [7, 11) is 1.82. The zero-order chi connectivity index (χ0) is 18.2. The number of benzene rings is 2. The van der Waals surface area contributed by atoms with Crippen molar-refractivity contribution < 1.29 is 4.74 Å². The average molecular weight is 351 g/mol. The van der Waals surface area contributed by atoms with E-state index in [9.17, 15) is 0 Å². The van der Waals surface area contributed by atoms with Crippen LogP contribution in [0.3, 0.4) is 0 Å². The zero-order valence-electron chi connectivity index (χ0n) is 15.7. The van der Waals surface area contributed by atoms with Gasteiger partial charge in [-0.05, 0) is 30.9 Å². The van der Waals surface area contributed by atoms with E-state index in [2.05, 4.69) is 77.1 Å². The van der Waals surface area contributed by atoms with Crippen molar-refractivity contribution in [2.75, 3.05) is 20.2 Å². The Morgan fingerprint density at radius 2 is 1.85 bits per heavy atom. The Morgan fingerprint density at radius 3 is 2.58 bits per heavy atom. The largest absolute Gasteiger partial charge is 0.373 e. The molecule has 0 radical (unpaired) electrons. The highest BCUT2D eigenvalue weighted by atomic mass is 16.5. The molecule has 0 spiro atoms. The van der Waals surface area contributed by atoms with Crippen LogP contribution in [0.1, 0.15) is 35.6 Å². The van der Waals surface area contributed by atoms with Gasteiger partial charge in [0.15, 0.2) is 5.96 Å². The summed E-state index contributed by atoms with van der Waals surface area (Å²) in [6.45, 7) is 4.57. The summed E-state index contributed by atoms with van der Waals surface area (Å²) in [4.78, 5) is 4.36. The van der Waals surface area contributed by atoms with E-state index in [-0.39, 0.29) is 6.10 Å². The number of rotatable bonds is 5. The van der Waals surface area contributed by atoms with Crippen molar-refractivity contribution in [3.63, 3.8) is 0 Å². The number of hydrogen-bond donors (Lipinski definition) is 2. The summed E-state index contributed by atoms with van der Waals surface area (Å²) in [5.41, 5.74) is 3.80. The van der Waals surface area contributed by atoms with Gasteiger partial charge in [0, 0.05) is 32.7 Å². The predicted octanol–water partition coefficient (Wildman–Crippen LogP) is 3.83. The molecule has 1 saturated heterocycles. The van der Waals surface area contributed by atoms with Crippen molar-refractivity contribution in [2.24, 2.45) is 10.9 Å². The van der Waals surface area contributed by atoms with Gasteiger partial charge in [-0.15, -0.1) is 0 Å². The second-order valence-electron chi connectivity index (χ2n) is 6.90. The summed E-state index contributed by atoms with van der Waals surface area (Å²) in [5, 5.41) is 6.88. The molecule has 2 N–H and O–H groups in total. The molecule has 2 atom stereocenters. The van der Waals surface area contributed by atoms with Crippen molar-refractivity contribution in [1.29, 1.82) is 0 Å². The summed E-state index contributed by atoms with van der Waals surface area (Å²) in [6, 6.07) is 19.1. The van der Waals surface area contributed by atoms with Gasteiger partial charge in [0.25, 0.3) is 0 Å². The molecule has 1 aliphatic rings. The van der Waals surface area contributed by atoms with Crippen molar-refractivity contribution >= 4 is 5.96 Å². The summed E-state index contributed by atoms with van der Waals surface area (Å²) in [5.74, 6) is 1.28. The van der Waals surface area contributed by atoms with E-state index in [1.807, 2.05) is 7.05 Å². The van der Waals surface area contributed by atoms with Crippen LogP contribution in [0.15, 0.2) is 59.6 Å². The van der Waals surface area contributed by atoms with E-state index in [0.29, 0.717) is 5.92 Å². The molecular weight excluding hydrogens is 322 g/mol. The molecule has 138 valence electrons. The number of hydrogen-bond acceptors (Lipinski definition) is 2. The highest BCUT2D eigenvalue weighted by Gasteiger charge is 2.27. The van der Waals surface area contributed by atoms with Crippen LogP contribution >= 0.6 is 0 Å². The molecule has 2 unspecified atom stereocenters. The van der Waals surface area contributed by atoms with Crippen LogP contribution in [0.25, 0.3) is 0 Å². The molecule has 3 rings (SSSR count). The lowest BCUT2D eigenvalue weighted by Crippen LogP contribution is -2.41. The van der Waals surface area contributed by atoms with Crippen molar-refractivity contribution in [3.05, 3.63) is 71.3 Å². The fourth-order valence-corrected chi connectivity index (χ4v) is 3.40. The Balaban J connectivity index is 1.54. The van der Waals surface area contributed by atoms with Crippen LogP contribution in [-0.4, -0.2) is 26.2 Å². The van der Waals surface area contributed by atoms with Crippen molar-refractivity contribution in [1.82, 2.24) is 10.6 Å². The smallest absolute Gasteiger partial charge is 0.191 e. The first kappa shape index (κ1) is 18.5. The molecule has 0 saturated carbocycles. The van der Waals surface area contributed by atoms with Crippen LogP contribution in [0.5, 0.6) is 0 Å². The highest BCUT2D eigenvalue weighted by molar-refractivity contribution is 5.79. The van der Waals surface area contributed by atoms with E-state index in [1.165, 1.54) is 23.1 Å². The average Bonchev–Trinajstić information content (AvgIpc) is 2.70. The lowest BCUT2D eigenvalue weighted by Gasteiger charge is -2.32. The monoisotopic (exact) mass is 351 g/mol. The molecule has 2 aromatic rings. The first-order valence-corrected chi connectivity index (χ1v) is 9.43. The third-order valence-electron chi connectivity index (χ3n) is 4.91. The first-order chi connectivity index (χ1) is 12.8. The summed E-state index contributed by atoms with van der Waals surface area (Å²) < 4.78 is 6.08. The number of nitrogens with zero attached hydrogens (tertiary/aromatic N) is 1. The second kappa shape index (κ2) is 9.39. The topological polar surface area (TPSA) is 45.7 Å². The molecule has 0 aliphatic carbocycles. The van der Waals surface area contributed by atoms with E-state index in [4.69, 9.17) is 4.74 Å². The predicted molar refractivity (Wildman–Crippen MR) is 107 cm³/mol. The van der Waals surface area contributed by atoms with Gasteiger partial charge in [0.2, 0.25) is 0 Å². The lowest BCUT2D eigenvalue weighted by molar-refractivity contribution is -0.0265. The quantitative estimate of drug-likeness (QED) is 0.636. The molecular formula is C22H29N3O. The first-order valence-electron chi connectivity index (χ1n) is 9.43. The van der Waals surface area contributed by atoms with E-state index >= 15 is 0 Å². The minimum Gasteiger partial charge on any atom is -0.373 e. The van der Waals surface area contributed by atoms with Crippen LogP contribution in [0.4, 0.5) is 0 Å². The Hall–Kier alpha value is -2.33. The van der Waals surface area contributed by atoms with Gasteiger partial charge >= 0.3 is 0 Å². The molecule has 4 heteroatoms. The van der Waals surface area contributed by atoms with Gasteiger partial charge in [-0.25, -0.2) is 0 Å². The molecule has 1 aliphatic heterocycles. The van der Waals surface area contributed by atoms with Crippen molar-refractivity contribution in [2.45, 2.75) is 32.4 Å². The van der Waals surface area contributed by atoms with E-state index < -0.39 is 0 Å². The van der Waals surface area contributed by atoms with Gasteiger partial charge in [0.05, 0.1) is 6.10 Å². The zero-order valence-corrected chi connectivity index (χ0v) is 15.7. The Labute approximate surface area is 156 Å². The maximum atomic E-state index is 6.08. The molecule has 1 fully saturated rings. The SMILES string of the molecule is CN=C(NCc1ccc(C)cc1)NCC1CCCOC1c1ccccc1. The Bertz CT molecular complexity index is 697. The lowest BCUT2D eigenvalue weighted by atomic mass is 9.89. The fourth-order valence-electron chi connectivity index (χ4n) is 3.40. The normalized spacial score (nSPS) is 20.6. The van der Waals surface area contributed by atoms with E-state index in [0.717, 1.165) is 32.1 Å². The number of ether oxygens (including phenoxy) is 1. The number of nitrogens with one attached hydrogen (secondary N) is 2. The summed E-state index contributed by atoms with van der Waals surface area (Å²) in [6.07, 6.45) is 2.44.